The summed E-state index contributed by atoms with van der Waals surface area (Å²) in [5.41, 5.74) is 5.17. The Morgan fingerprint density at radius 1 is 1.18 bits per heavy atom. The van der Waals surface area contributed by atoms with Gasteiger partial charge in [-0.25, -0.2) is 18.4 Å². The van der Waals surface area contributed by atoms with E-state index in [4.69, 9.17) is 15.2 Å². The monoisotopic (exact) mass is 459 g/mol. The van der Waals surface area contributed by atoms with Crippen molar-refractivity contribution < 1.29 is 27.8 Å². The molecule has 9 heteroatoms. The normalized spacial score (nSPS) is 21.4. The molecule has 2 aromatic carbocycles. The third kappa shape index (κ3) is 4.93. The molecular formula is C24H27F2N3O4. The molecule has 176 valence electrons. The predicted molar refractivity (Wildman–Crippen MR) is 119 cm³/mol. The second-order valence-electron chi connectivity index (χ2n) is 9.63. The number of fused-ring (bicyclic) bond motifs is 1. The van der Waals surface area contributed by atoms with Crippen molar-refractivity contribution in [1.82, 2.24) is 0 Å². The van der Waals surface area contributed by atoms with E-state index in [0.717, 1.165) is 12.5 Å². The Balaban J connectivity index is 1.70. The highest BCUT2D eigenvalue weighted by Crippen LogP contribution is 2.50. The Hall–Kier alpha value is -3.20. The number of nitrogens with two attached hydrogens (primary N) is 1. The molecule has 0 bridgehead atoms. The molecule has 2 amide bonds. The molecule has 0 spiro atoms. The third-order valence-corrected chi connectivity index (χ3v) is 5.73. The van der Waals surface area contributed by atoms with Crippen LogP contribution in [0.25, 0.3) is 0 Å². The van der Waals surface area contributed by atoms with Crippen LogP contribution in [0.3, 0.4) is 0 Å². The van der Waals surface area contributed by atoms with E-state index in [1.165, 1.54) is 0 Å². The van der Waals surface area contributed by atoms with Crippen LogP contribution < -0.4 is 15.5 Å². The van der Waals surface area contributed by atoms with Gasteiger partial charge in [0.05, 0.1) is 11.4 Å². The van der Waals surface area contributed by atoms with E-state index in [1.54, 1.807) is 49.9 Å². The van der Waals surface area contributed by atoms with E-state index < -0.39 is 35.0 Å². The molecule has 2 atom stereocenters. The topological polar surface area (TPSA) is 85.1 Å². The van der Waals surface area contributed by atoms with Crippen LogP contribution in [-0.4, -0.2) is 36.4 Å². The average Bonchev–Trinajstić information content (AvgIpc) is 3.22. The van der Waals surface area contributed by atoms with Crippen molar-refractivity contribution in [2.45, 2.75) is 44.9 Å². The van der Waals surface area contributed by atoms with E-state index in [0.29, 0.717) is 29.6 Å². The fourth-order valence-corrected chi connectivity index (χ4v) is 4.09. The van der Waals surface area contributed by atoms with E-state index in [-0.39, 0.29) is 23.9 Å². The van der Waals surface area contributed by atoms with Crippen LogP contribution in [0.5, 0.6) is 0 Å². The van der Waals surface area contributed by atoms with Crippen molar-refractivity contribution in [2.75, 3.05) is 22.9 Å². The lowest BCUT2D eigenvalue weighted by atomic mass is 10.2. The number of carbonyl (C=O) groups is 2. The number of halogens is 2. The van der Waals surface area contributed by atoms with Gasteiger partial charge in [-0.05, 0) is 38.7 Å². The quantitative estimate of drug-likeness (QED) is 0.721. The highest BCUT2D eigenvalue weighted by molar-refractivity contribution is 6.11. The van der Waals surface area contributed by atoms with Gasteiger partial charge in [0.1, 0.15) is 18.0 Å². The molecule has 2 aliphatic rings. The molecule has 4 rings (SSSR count). The molecule has 2 aromatic rings. The number of rotatable bonds is 4. The molecule has 2 N–H and O–H groups in total. The number of carbonyl (C=O) groups excluding carboxylic acids is 2. The zero-order valence-electron chi connectivity index (χ0n) is 18.8. The van der Waals surface area contributed by atoms with Crippen molar-refractivity contribution in [2.24, 2.45) is 11.7 Å². The van der Waals surface area contributed by atoms with Gasteiger partial charge in [-0.15, -0.1) is 0 Å². The summed E-state index contributed by atoms with van der Waals surface area (Å²) in [6, 6.07) is 10.5. The number of piperidine rings is 1. The third-order valence-electron chi connectivity index (χ3n) is 5.73. The number of nitrogens with zero attached hydrogens (tertiary/aromatic N) is 2. The van der Waals surface area contributed by atoms with Gasteiger partial charge in [0.15, 0.2) is 5.82 Å². The summed E-state index contributed by atoms with van der Waals surface area (Å²) in [4.78, 5) is 28.3. The number of anilines is 2. The molecule has 0 radical (unpaired) electrons. The predicted octanol–water partition coefficient (Wildman–Crippen LogP) is 4.58. The fraction of sp³-hybridized carbons (Fsp3) is 0.417. The molecule has 1 heterocycles. The minimum Gasteiger partial charge on any atom is -0.444 e. The Morgan fingerprint density at radius 2 is 1.88 bits per heavy atom. The Bertz CT molecular complexity index is 1070. The van der Waals surface area contributed by atoms with E-state index in [1.807, 2.05) is 6.07 Å². The van der Waals surface area contributed by atoms with Crippen LogP contribution in [0, 0.1) is 17.6 Å². The molecule has 2 unspecified atom stereocenters. The molecule has 1 aliphatic heterocycles. The zero-order valence-corrected chi connectivity index (χ0v) is 18.8. The molecule has 1 aliphatic carbocycles. The molecule has 7 nitrogen and oxygen atoms in total. The largest absolute Gasteiger partial charge is 0.444 e. The molecule has 1 saturated carbocycles. The van der Waals surface area contributed by atoms with Gasteiger partial charge in [-0.3, -0.25) is 0 Å². The summed E-state index contributed by atoms with van der Waals surface area (Å²) in [5, 5.41) is 0. The lowest BCUT2D eigenvalue weighted by Crippen LogP contribution is -2.43. The SMILES string of the molecule is CC(C)(C)OC(=O)N(C(=O)OCc1ccccc1)c1cc(F)cc(F)c1N1CC2CC2(N)C1. The van der Waals surface area contributed by atoms with Crippen molar-refractivity contribution in [3.63, 3.8) is 0 Å². The standard InChI is InChI=1S/C24H27F2N3O4/c1-23(2,3)33-22(31)29(21(30)32-13-15-7-5-4-6-8-15)19-10-17(25)9-18(26)20(19)28-12-16-11-24(16,27)14-28/h4-10,16H,11-14,27H2,1-3H3. The highest BCUT2D eigenvalue weighted by Gasteiger charge is 2.58. The van der Waals surface area contributed by atoms with Crippen LogP contribution >= 0.6 is 0 Å². The van der Waals surface area contributed by atoms with Gasteiger partial charge >= 0.3 is 12.2 Å². The fourth-order valence-electron chi connectivity index (χ4n) is 4.09. The zero-order chi connectivity index (χ0) is 24.0. The lowest BCUT2D eigenvalue weighted by Gasteiger charge is -2.30. The summed E-state index contributed by atoms with van der Waals surface area (Å²) in [6.45, 7) is 5.50. The van der Waals surface area contributed by atoms with Crippen molar-refractivity contribution in [3.05, 3.63) is 59.7 Å². The second-order valence-corrected chi connectivity index (χ2v) is 9.63. The first-order valence-electron chi connectivity index (χ1n) is 10.7. The van der Waals surface area contributed by atoms with Gasteiger partial charge in [0.2, 0.25) is 0 Å². The van der Waals surface area contributed by atoms with Gasteiger partial charge < -0.3 is 20.1 Å². The average molecular weight is 459 g/mol. The maximum Gasteiger partial charge on any atom is 0.424 e. The van der Waals surface area contributed by atoms with Crippen molar-refractivity contribution in [1.29, 1.82) is 0 Å². The van der Waals surface area contributed by atoms with Crippen molar-refractivity contribution >= 4 is 23.6 Å². The summed E-state index contributed by atoms with van der Waals surface area (Å²) in [5.74, 6) is -1.67. The smallest absolute Gasteiger partial charge is 0.424 e. The van der Waals surface area contributed by atoms with E-state index >= 15 is 4.39 Å². The summed E-state index contributed by atoms with van der Waals surface area (Å²) in [6.07, 6.45) is -1.39. The molecule has 0 aromatic heterocycles. The minimum absolute atomic E-state index is 0.0871. The maximum atomic E-state index is 15.1. The van der Waals surface area contributed by atoms with Gasteiger partial charge in [0.25, 0.3) is 0 Å². The molecule has 2 fully saturated rings. The van der Waals surface area contributed by atoms with Crippen LogP contribution in [0.4, 0.5) is 29.7 Å². The number of ether oxygens (including phenoxy) is 2. The number of benzene rings is 2. The first kappa shape index (κ1) is 23.0. The highest BCUT2D eigenvalue weighted by atomic mass is 19.1. The maximum absolute atomic E-state index is 15.1. The van der Waals surface area contributed by atoms with E-state index in [2.05, 4.69) is 0 Å². The summed E-state index contributed by atoms with van der Waals surface area (Å²) >= 11 is 0. The first-order chi connectivity index (χ1) is 15.5. The lowest BCUT2D eigenvalue weighted by molar-refractivity contribution is 0.0565. The van der Waals surface area contributed by atoms with Gasteiger partial charge in [-0.1, -0.05) is 30.3 Å². The van der Waals surface area contributed by atoms with Crippen LogP contribution in [-0.2, 0) is 16.1 Å². The van der Waals surface area contributed by atoms with Crippen LogP contribution in [0.2, 0.25) is 0 Å². The Kier molecular flexibility index (Phi) is 5.78. The molecule has 1 saturated heterocycles. The van der Waals surface area contributed by atoms with Crippen LogP contribution in [0.1, 0.15) is 32.8 Å². The van der Waals surface area contributed by atoms with Crippen LogP contribution in [0.15, 0.2) is 42.5 Å². The number of hydrogen-bond donors (Lipinski definition) is 1. The van der Waals surface area contributed by atoms with Crippen molar-refractivity contribution in [3.8, 4) is 0 Å². The van der Waals surface area contributed by atoms with Gasteiger partial charge in [-0.2, -0.15) is 4.90 Å². The van der Waals surface area contributed by atoms with E-state index in [9.17, 15) is 14.0 Å². The molecule has 33 heavy (non-hydrogen) atoms. The Labute approximate surface area is 191 Å². The number of amides is 2. The second kappa shape index (κ2) is 8.30. The number of hydrogen-bond acceptors (Lipinski definition) is 6. The molecular weight excluding hydrogens is 432 g/mol. The minimum atomic E-state index is -1.11. The van der Waals surface area contributed by atoms with Gasteiger partial charge in [0, 0.05) is 30.8 Å². The summed E-state index contributed by atoms with van der Waals surface area (Å²) < 4.78 is 40.1. The Morgan fingerprint density at radius 3 is 2.48 bits per heavy atom. The summed E-state index contributed by atoms with van der Waals surface area (Å²) in [7, 11) is 0. The first-order valence-corrected chi connectivity index (χ1v) is 10.7. The number of imide groups is 1.